The quantitative estimate of drug-likeness (QED) is 0.678. The van der Waals surface area contributed by atoms with Gasteiger partial charge in [-0.2, -0.15) is 0 Å². The molecule has 0 unspecified atom stereocenters. The fourth-order valence-electron chi connectivity index (χ4n) is 2.14. The first-order valence-corrected chi connectivity index (χ1v) is 8.92. The van der Waals surface area contributed by atoms with Crippen molar-refractivity contribution in [3.8, 4) is 0 Å². The maximum atomic E-state index is 12.7. The molecular weight excluding hydrogens is 424 g/mol. The minimum atomic E-state index is -1.84. The van der Waals surface area contributed by atoms with Crippen LogP contribution in [0.1, 0.15) is 31.4 Å². The first-order valence-electron chi connectivity index (χ1n) is 7.33. The Morgan fingerprint density at radius 1 is 1.04 bits per heavy atom. The second kappa shape index (κ2) is 7.60. The summed E-state index contributed by atoms with van der Waals surface area (Å²) in [6.45, 7) is 3.73. The predicted molar refractivity (Wildman–Crippen MR) is 97.1 cm³/mol. The lowest BCUT2D eigenvalue weighted by Gasteiger charge is -2.28. The molecule has 3 nitrogen and oxygen atoms in total. The molecule has 0 aliphatic carbocycles. The number of esters is 1. The topological polar surface area (TPSA) is 46.5 Å². The predicted octanol–water partition coefficient (Wildman–Crippen LogP) is 4.79. The molecule has 0 radical (unpaired) electrons. The van der Waals surface area contributed by atoms with Crippen LogP contribution in [0.3, 0.4) is 0 Å². The molecule has 0 aliphatic heterocycles. The van der Waals surface area contributed by atoms with E-state index >= 15 is 0 Å². The number of carbonyl (C=O) groups excluding carboxylic acids is 1. The third-order valence-electron chi connectivity index (χ3n) is 3.70. The highest BCUT2D eigenvalue weighted by molar-refractivity contribution is 9.10. The Morgan fingerprint density at radius 3 is 1.78 bits per heavy atom. The van der Waals surface area contributed by atoms with E-state index in [4.69, 9.17) is 4.74 Å². The molecule has 5 heteroatoms. The molecule has 0 saturated heterocycles. The number of hydrogen-bond acceptors (Lipinski definition) is 3. The Labute approximate surface area is 152 Å². The van der Waals surface area contributed by atoms with E-state index in [2.05, 4.69) is 31.9 Å². The van der Waals surface area contributed by atoms with Gasteiger partial charge in [-0.1, -0.05) is 63.0 Å². The number of ether oxygens (including phenoxy) is 1. The summed E-state index contributed by atoms with van der Waals surface area (Å²) in [4.78, 5) is 12.7. The lowest BCUT2D eigenvalue weighted by Crippen LogP contribution is -2.40. The monoisotopic (exact) mass is 440 g/mol. The number of hydrogen-bond donors (Lipinski definition) is 1. The van der Waals surface area contributed by atoms with Gasteiger partial charge in [-0.3, -0.25) is 0 Å². The smallest absolute Gasteiger partial charge is 0.347 e. The van der Waals surface area contributed by atoms with E-state index in [-0.39, 0.29) is 6.10 Å². The Balaban J connectivity index is 2.51. The molecule has 0 heterocycles. The van der Waals surface area contributed by atoms with Crippen LogP contribution in [0.2, 0.25) is 0 Å². The van der Waals surface area contributed by atoms with Gasteiger partial charge in [0.05, 0.1) is 6.10 Å². The fraction of sp³-hybridized carbons (Fsp3) is 0.278. The fourth-order valence-corrected chi connectivity index (χ4v) is 2.66. The summed E-state index contributed by atoms with van der Waals surface area (Å²) in [5.41, 5.74) is -0.905. The van der Waals surface area contributed by atoms with Crippen LogP contribution in [0.25, 0.3) is 0 Å². The van der Waals surface area contributed by atoms with Crippen molar-refractivity contribution in [1.29, 1.82) is 0 Å². The first kappa shape index (κ1) is 18.2. The second-order valence-electron chi connectivity index (χ2n) is 5.35. The summed E-state index contributed by atoms with van der Waals surface area (Å²) in [7, 11) is 0. The van der Waals surface area contributed by atoms with Gasteiger partial charge < -0.3 is 9.84 Å². The molecule has 0 aromatic heterocycles. The molecule has 0 fully saturated rings. The van der Waals surface area contributed by atoms with Gasteiger partial charge in [-0.05, 0) is 48.7 Å². The van der Waals surface area contributed by atoms with Crippen molar-refractivity contribution < 1.29 is 14.6 Å². The summed E-state index contributed by atoms with van der Waals surface area (Å²) < 4.78 is 7.16. The van der Waals surface area contributed by atoms with Gasteiger partial charge in [0.25, 0.3) is 0 Å². The molecular formula is C18H18Br2O3. The zero-order chi connectivity index (χ0) is 17.0. The van der Waals surface area contributed by atoms with E-state index in [9.17, 15) is 9.90 Å². The lowest BCUT2D eigenvalue weighted by atomic mass is 9.86. The molecule has 1 atom stereocenters. The molecule has 0 amide bonds. The van der Waals surface area contributed by atoms with Gasteiger partial charge in [0.1, 0.15) is 0 Å². The third-order valence-corrected chi connectivity index (χ3v) is 4.76. The van der Waals surface area contributed by atoms with Gasteiger partial charge in [-0.25, -0.2) is 4.79 Å². The Bertz CT molecular complexity index is 620. The van der Waals surface area contributed by atoms with Crippen molar-refractivity contribution in [2.75, 3.05) is 0 Å². The molecule has 0 spiro atoms. The number of rotatable bonds is 5. The number of benzene rings is 2. The largest absolute Gasteiger partial charge is 0.460 e. The zero-order valence-corrected chi connectivity index (χ0v) is 16.1. The molecule has 0 aliphatic rings. The molecule has 0 saturated carbocycles. The van der Waals surface area contributed by atoms with Crippen molar-refractivity contribution >= 4 is 37.8 Å². The number of halogens is 2. The van der Waals surface area contributed by atoms with Crippen LogP contribution in [0, 0.1) is 0 Å². The van der Waals surface area contributed by atoms with E-state index in [0.29, 0.717) is 17.5 Å². The second-order valence-corrected chi connectivity index (χ2v) is 7.18. The normalized spacial score (nSPS) is 12.7. The van der Waals surface area contributed by atoms with Crippen molar-refractivity contribution in [2.45, 2.75) is 32.0 Å². The maximum absolute atomic E-state index is 12.7. The minimum absolute atomic E-state index is 0.264. The van der Waals surface area contributed by atoms with Gasteiger partial charge in [0, 0.05) is 8.95 Å². The van der Waals surface area contributed by atoms with E-state index < -0.39 is 11.6 Å². The Morgan fingerprint density at radius 2 is 1.43 bits per heavy atom. The van der Waals surface area contributed by atoms with E-state index in [0.717, 1.165) is 8.95 Å². The van der Waals surface area contributed by atoms with Gasteiger partial charge >= 0.3 is 5.97 Å². The van der Waals surface area contributed by atoms with Crippen LogP contribution < -0.4 is 0 Å². The highest BCUT2D eigenvalue weighted by Gasteiger charge is 2.42. The Hall–Kier alpha value is -1.17. The van der Waals surface area contributed by atoms with Crippen LogP contribution in [0.15, 0.2) is 57.5 Å². The lowest BCUT2D eigenvalue weighted by molar-refractivity contribution is -0.167. The molecule has 0 bridgehead atoms. The molecule has 23 heavy (non-hydrogen) atoms. The number of aliphatic hydroxyl groups is 1. The maximum Gasteiger partial charge on any atom is 0.347 e. The Kier molecular flexibility index (Phi) is 6.00. The van der Waals surface area contributed by atoms with Crippen molar-refractivity contribution in [3.05, 3.63) is 68.6 Å². The SMILES string of the molecule is CC[C@@H](C)OC(=O)C(O)(c1ccc(Br)cc1)c1ccc(Br)cc1. The average Bonchev–Trinajstić information content (AvgIpc) is 2.55. The molecule has 2 aromatic carbocycles. The third kappa shape index (κ3) is 4.03. The summed E-state index contributed by atoms with van der Waals surface area (Å²) >= 11 is 6.72. The molecule has 122 valence electrons. The van der Waals surface area contributed by atoms with Crippen LogP contribution in [-0.2, 0) is 15.1 Å². The molecule has 2 aromatic rings. The van der Waals surface area contributed by atoms with Crippen molar-refractivity contribution in [1.82, 2.24) is 0 Å². The van der Waals surface area contributed by atoms with Crippen LogP contribution in [-0.4, -0.2) is 17.2 Å². The van der Waals surface area contributed by atoms with E-state index in [1.54, 1.807) is 48.5 Å². The molecule has 2 rings (SSSR count). The summed E-state index contributed by atoms with van der Waals surface area (Å²) in [5, 5.41) is 11.2. The highest BCUT2D eigenvalue weighted by atomic mass is 79.9. The van der Waals surface area contributed by atoms with Crippen molar-refractivity contribution in [2.24, 2.45) is 0 Å². The standard InChI is InChI=1S/C18H18Br2O3/c1-3-12(2)23-17(21)18(22,13-4-8-15(19)9-5-13)14-6-10-16(20)11-7-14/h4-12,22H,3H2,1-2H3/t12-/m1/s1. The van der Waals surface area contributed by atoms with Crippen LogP contribution in [0.4, 0.5) is 0 Å². The van der Waals surface area contributed by atoms with Crippen LogP contribution >= 0.6 is 31.9 Å². The molecule has 1 N–H and O–H groups in total. The van der Waals surface area contributed by atoms with Gasteiger partial charge in [-0.15, -0.1) is 0 Å². The first-order chi connectivity index (χ1) is 10.9. The van der Waals surface area contributed by atoms with Crippen LogP contribution in [0.5, 0.6) is 0 Å². The minimum Gasteiger partial charge on any atom is -0.460 e. The van der Waals surface area contributed by atoms with Gasteiger partial charge in [0.2, 0.25) is 5.60 Å². The van der Waals surface area contributed by atoms with Gasteiger partial charge in [0.15, 0.2) is 0 Å². The zero-order valence-electron chi connectivity index (χ0n) is 12.9. The summed E-state index contributed by atoms with van der Waals surface area (Å²) in [6.07, 6.45) is 0.419. The van der Waals surface area contributed by atoms with Crippen molar-refractivity contribution in [3.63, 3.8) is 0 Å². The summed E-state index contributed by atoms with van der Waals surface area (Å²) in [6, 6.07) is 14.0. The van der Waals surface area contributed by atoms with E-state index in [1.807, 2.05) is 13.8 Å². The number of carbonyl (C=O) groups is 1. The average molecular weight is 442 g/mol. The summed E-state index contributed by atoms with van der Waals surface area (Å²) in [5.74, 6) is -0.670. The van der Waals surface area contributed by atoms with E-state index in [1.165, 1.54) is 0 Å². The highest BCUT2D eigenvalue weighted by Crippen LogP contribution is 2.33.